The molecule has 4 nitrogen and oxygen atoms in total. The summed E-state index contributed by atoms with van der Waals surface area (Å²) in [7, 11) is 0. The number of carbonyl (C=O) groups excluding carboxylic acids is 1. The maximum atomic E-state index is 12.5. The van der Waals surface area contributed by atoms with E-state index < -0.39 is 0 Å². The first-order valence-corrected chi connectivity index (χ1v) is 8.50. The van der Waals surface area contributed by atoms with Crippen molar-refractivity contribution in [3.63, 3.8) is 0 Å². The minimum Gasteiger partial charge on any atom is -0.392 e. The molecule has 0 bridgehead atoms. The highest BCUT2D eigenvalue weighted by molar-refractivity contribution is 7.11. The number of carbonyl (C=O) groups is 1. The molecule has 23 heavy (non-hydrogen) atoms. The van der Waals surface area contributed by atoms with Gasteiger partial charge in [0.2, 0.25) is 5.91 Å². The standard InChI is InChI=1S/C18H22N2O2S/c1-14(2)10-20(11-15-5-7-19-8-6-15)18(22)4-3-17-9-16(12-21)13-23-17/h3-9,13-14,21H,10-12H2,1-2H3/b4-3+. The van der Waals surface area contributed by atoms with Crippen molar-refractivity contribution in [2.75, 3.05) is 6.54 Å². The highest BCUT2D eigenvalue weighted by Gasteiger charge is 2.13. The third-order valence-corrected chi connectivity index (χ3v) is 4.21. The van der Waals surface area contributed by atoms with Gasteiger partial charge in [-0.25, -0.2) is 0 Å². The molecule has 0 saturated carbocycles. The molecule has 0 fully saturated rings. The normalized spacial score (nSPS) is 11.3. The quantitative estimate of drug-likeness (QED) is 0.792. The van der Waals surface area contributed by atoms with E-state index in [-0.39, 0.29) is 12.5 Å². The number of rotatable bonds is 7. The van der Waals surface area contributed by atoms with Crippen LogP contribution >= 0.6 is 11.3 Å². The molecule has 0 aromatic carbocycles. The van der Waals surface area contributed by atoms with Crippen molar-refractivity contribution in [2.24, 2.45) is 5.92 Å². The summed E-state index contributed by atoms with van der Waals surface area (Å²) in [5.74, 6) is 0.395. The zero-order valence-corrected chi connectivity index (χ0v) is 14.3. The summed E-state index contributed by atoms with van der Waals surface area (Å²) in [6, 6.07) is 5.75. The van der Waals surface area contributed by atoms with Crippen molar-refractivity contribution in [3.05, 3.63) is 58.1 Å². The van der Waals surface area contributed by atoms with Crippen LogP contribution in [0.3, 0.4) is 0 Å². The van der Waals surface area contributed by atoms with Gasteiger partial charge in [0.25, 0.3) is 0 Å². The largest absolute Gasteiger partial charge is 0.392 e. The molecular formula is C18H22N2O2S. The third-order valence-electron chi connectivity index (χ3n) is 3.27. The molecule has 2 rings (SSSR count). The van der Waals surface area contributed by atoms with Crippen LogP contribution in [-0.4, -0.2) is 27.4 Å². The van der Waals surface area contributed by atoms with Gasteiger partial charge >= 0.3 is 0 Å². The predicted molar refractivity (Wildman–Crippen MR) is 93.8 cm³/mol. The Bertz CT molecular complexity index is 650. The van der Waals surface area contributed by atoms with Gasteiger partial charge in [0.05, 0.1) is 6.61 Å². The average Bonchev–Trinajstić information content (AvgIpc) is 3.00. The number of amides is 1. The maximum absolute atomic E-state index is 12.5. The van der Waals surface area contributed by atoms with E-state index in [9.17, 15) is 4.79 Å². The van der Waals surface area contributed by atoms with E-state index >= 15 is 0 Å². The molecule has 2 aromatic heterocycles. The molecule has 0 aliphatic rings. The fraction of sp³-hybridized carbons (Fsp3) is 0.333. The Labute approximate surface area is 141 Å². The number of pyridine rings is 1. The Kier molecular flexibility index (Phi) is 6.50. The van der Waals surface area contributed by atoms with E-state index in [1.54, 1.807) is 18.5 Å². The number of hydrogen-bond acceptors (Lipinski definition) is 4. The second-order valence-corrected chi connectivity index (χ2v) is 6.76. The molecule has 0 unspecified atom stereocenters. The highest BCUT2D eigenvalue weighted by atomic mass is 32.1. The van der Waals surface area contributed by atoms with Crippen molar-refractivity contribution in [2.45, 2.75) is 27.0 Å². The van der Waals surface area contributed by atoms with Crippen LogP contribution in [-0.2, 0) is 17.9 Å². The van der Waals surface area contributed by atoms with Crippen LogP contribution in [0.5, 0.6) is 0 Å². The molecule has 1 N–H and O–H groups in total. The Morgan fingerprint density at radius 3 is 2.70 bits per heavy atom. The summed E-state index contributed by atoms with van der Waals surface area (Å²) >= 11 is 1.52. The summed E-state index contributed by atoms with van der Waals surface area (Å²) in [5.41, 5.74) is 1.94. The molecule has 1 amide bonds. The molecular weight excluding hydrogens is 308 g/mol. The molecule has 0 atom stereocenters. The Morgan fingerprint density at radius 1 is 1.35 bits per heavy atom. The van der Waals surface area contributed by atoms with Crippen LogP contribution < -0.4 is 0 Å². The minimum atomic E-state index is -0.00513. The van der Waals surface area contributed by atoms with Crippen molar-refractivity contribution >= 4 is 23.3 Å². The summed E-state index contributed by atoms with van der Waals surface area (Å²) in [6.07, 6.45) is 6.90. The van der Waals surface area contributed by atoms with E-state index in [1.165, 1.54) is 11.3 Å². The van der Waals surface area contributed by atoms with Crippen LogP contribution in [0, 0.1) is 5.92 Å². The van der Waals surface area contributed by atoms with Gasteiger partial charge in [0, 0.05) is 36.4 Å². The summed E-state index contributed by atoms with van der Waals surface area (Å²) < 4.78 is 0. The fourth-order valence-electron chi connectivity index (χ4n) is 2.21. The molecule has 0 spiro atoms. The van der Waals surface area contributed by atoms with Crippen LogP contribution in [0.25, 0.3) is 6.08 Å². The number of aliphatic hydroxyl groups excluding tert-OH is 1. The van der Waals surface area contributed by atoms with Gasteiger partial charge in [0.15, 0.2) is 0 Å². The van der Waals surface area contributed by atoms with Crippen molar-refractivity contribution in [3.8, 4) is 0 Å². The number of aromatic nitrogens is 1. The summed E-state index contributed by atoms with van der Waals surface area (Å²) in [6.45, 7) is 5.51. The molecule has 0 aliphatic heterocycles. The zero-order chi connectivity index (χ0) is 16.7. The maximum Gasteiger partial charge on any atom is 0.246 e. The lowest BCUT2D eigenvalue weighted by molar-refractivity contribution is -0.127. The highest BCUT2D eigenvalue weighted by Crippen LogP contribution is 2.16. The Morgan fingerprint density at radius 2 is 2.09 bits per heavy atom. The first-order valence-electron chi connectivity index (χ1n) is 7.62. The molecule has 0 aliphatic carbocycles. The Hall–Kier alpha value is -1.98. The number of hydrogen-bond donors (Lipinski definition) is 1. The second-order valence-electron chi connectivity index (χ2n) is 5.82. The zero-order valence-electron chi connectivity index (χ0n) is 13.5. The van der Waals surface area contributed by atoms with E-state index in [2.05, 4.69) is 18.8 Å². The van der Waals surface area contributed by atoms with Crippen LogP contribution in [0.2, 0.25) is 0 Å². The van der Waals surface area contributed by atoms with Gasteiger partial charge < -0.3 is 10.0 Å². The fourth-order valence-corrected chi connectivity index (χ4v) is 3.00. The van der Waals surface area contributed by atoms with Gasteiger partial charge in [0.1, 0.15) is 0 Å². The number of aliphatic hydroxyl groups is 1. The number of nitrogens with zero attached hydrogens (tertiary/aromatic N) is 2. The average molecular weight is 330 g/mol. The smallest absolute Gasteiger partial charge is 0.246 e. The van der Waals surface area contributed by atoms with E-state index in [4.69, 9.17) is 5.11 Å². The monoisotopic (exact) mass is 330 g/mol. The van der Waals surface area contributed by atoms with Crippen LogP contribution in [0.15, 0.2) is 42.0 Å². The van der Waals surface area contributed by atoms with E-state index in [1.807, 2.05) is 34.6 Å². The lowest BCUT2D eigenvalue weighted by atomic mass is 10.1. The molecule has 0 saturated heterocycles. The van der Waals surface area contributed by atoms with Gasteiger partial charge in [-0.05, 0) is 46.7 Å². The van der Waals surface area contributed by atoms with Crippen LogP contribution in [0.1, 0.15) is 29.9 Å². The second kappa shape index (κ2) is 8.60. The predicted octanol–water partition coefficient (Wildman–Crippen LogP) is 3.33. The van der Waals surface area contributed by atoms with Crippen molar-refractivity contribution < 1.29 is 9.90 Å². The topological polar surface area (TPSA) is 53.4 Å². The summed E-state index contributed by atoms with van der Waals surface area (Å²) in [4.78, 5) is 19.3. The van der Waals surface area contributed by atoms with Gasteiger partial charge in [-0.1, -0.05) is 13.8 Å². The number of thiophene rings is 1. The minimum absolute atomic E-state index is 0.00513. The van der Waals surface area contributed by atoms with Gasteiger partial charge in [-0.2, -0.15) is 0 Å². The lowest BCUT2D eigenvalue weighted by Gasteiger charge is -2.23. The van der Waals surface area contributed by atoms with E-state index in [0.29, 0.717) is 19.0 Å². The van der Waals surface area contributed by atoms with Crippen LogP contribution in [0.4, 0.5) is 0 Å². The molecule has 2 heterocycles. The molecule has 122 valence electrons. The molecule has 5 heteroatoms. The molecule has 0 radical (unpaired) electrons. The first kappa shape index (κ1) is 17.4. The first-order chi connectivity index (χ1) is 11.1. The van der Waals surface area contributed by atoms with Crippen molar-refractivity contribution in [1.29, 1.82) is 0 Å². The molecule has 2 aromatic rings. The SMILES string of the molecule is CC(C)CN(Cc1ccncc1)C(=O)/C=C/c1cc(CO)cs1. The lowest BCUT2D eigenvalue weighted by Crippen LogP contribution is -2.32. The summed E-state index contributed by atoms with van der Waals surface area (Å²) in [5, 5.41) is 11.0. The van der Waals surface area contributed by atoms with Crippen molar-refractivity contribution in [1.82, 2.24) is 9.88 Å². The van der Waals surface area contributed by atoms with Gasteiger partial charge in [-0.3, -0.25) is 9.78 Å². The third kappa shape index (κ3) is 5.62. The Balaban J connectivity index is 2.06. The van der Waals surface area contributed by atoms with E-state index in [0.717, 1.165) is 16.0 Å². The van der Waals surface area contributed by atoms with Gasteiger partial charge in [-0.15, -0.1) is 11.3 Å².